The summed E-state index contributed by atoms with van der Waals surface area (Å²) in [5, 5.41) is 3.24. The minimum absolute atomic E-state index is 0.153. The molecule has 0 saturated carbocycles. The highest BCUT2D eigenvalue weighted by molar-refractivity contribution is 5.92. The van der Waals surface area contributed by atoms with Crippen LogP contribution in [0.5, 0.6) is 0 Å². The van der Waals surface area contributed by atoms with Gasteiger partial charge in [0.15, 0.2) is 0 Å². The average Bonchev–Trinajstić information content (AvgIpc) is 2.35. The van der Waals surface area contributed by atoms with Crippen LogP contribution in [0.15, 0.2) is 18.2 Å². The molecule has 0 radical (unpaired) electrons. The number of methoxy groups -OCH3 is 1. The molecule has 0 aliphatic rings. The van der Waals surface area contributed by atoms with Crippen molar-refractivity contribution >= 4 is 5.91 Å². The van der Waals surface area contributed by atoms with Crippen LogP contribution in [0.1, 0.15) is 29.8 Å². The van der Waals surface area contributed by atoms with E-state index in [4.69, 9.17) is 10.5 Å². The predicted octanol–water partition coefficient (Wildman–Crippen LogP) is 1.69. The van der Waals surface area contributed by atoms with E-state index in [1.54, 1.807) is 13.2 Å². The molecule has 0 aliphatic carbocycles. The molecule has 4 nitrogen and oxygen atoms in total. The van der Waals surface area contributed by atoms with Crippen LogP contribution in [0.2, 0.25) is 0 Å². The number of primary amides is 1. The largest absolute Gasteiger partial charge is 0.383 e. The Labute approximate surface area is 113 Å². The molecule has 0 heterocycles. The average molecular weight is 268 g/mol. The third-order valence-corrected chi connectivity index (χ3v) is 3.04. The number of benzene rings is 1. The van der Waals surface area contributed by atoms with Crippen LogP contribution in [-0.4, -0.2) is 25.7 Å². The van der Waals surface area contributed by atoms with Gasteiger partial charge >= 0.3 is 0 Å². The Morgan fingerprint density at radius 2 is 2.16 bits per heavy atom. The van der Waals surface area contributed by atoms with Crippen molar-refractivity contribution in [2.75, 3.05) is 13.7 Å². The number of nitrogens with two attached hydrogens (primary N) is 1. The third kappa shape index (κ3) is 4.61. The number of carbonyl (C=O) groups excluding carboxylic acids is 1. The number of hydrogen-bond donors (Lipinski definition) is 2. The first-order valence-corrected chi connectivity index (χ1v) is 6.26. The number of carbonyl (C=O) groups is 1. The number of ether oxygens (including phenoxy) is 1. The zero-order valence-electron chi connectivity index (χ0n) is 11.6. The molecule has 1 aromatic carbocycles. The standard InChI is InChI=1S/C14H21FN2O2/c1-9(2)13(8-19-3)17-7-11-5-4-10(14(16)18)6-12(11)15/h4-6,9,13,17H,7-8H2,1-3H3,(H2,16,18). The van der Waals surface area contributed by atoms with E-state index in [0.29, 0.717) is 24.6 Å². The molecule has 0 fully saturated rings. The van der Waals surface area contributed by atoms with E-state index in [1.165, 1.54) is 12.1 Å². The molecule has 0 spiro atoms. The van der Waals surface area contributed by atoms with Gasteiger partial charge in [0.05, 0.1) is 6.61 Å². The lowest BCUT2D eigenvalue weighted by Gasteiger charge is -2.21. The summed E-state index contributed by atoms with van der Waals surface area (Å²) in [6.45, 7) is 5.10. The number of nitrogens with one attached hydrogen (secondary N) is 1. The van der Waals surface area contributed by atoms with Crippen molar-refractivity contribution < 1.29 is 13.9 Å². The number of rotatable bonds is 7. The highest BCUT2D eigenvalue weighted by Gasteiger charge is 2.14. The maximum absolute atomic E-state index is 13.8. The predicted molar refractivity (Wildman–Crippen MR) is 72.3 cm³/mol. The van der Waals surface area contributed by atoms with Crippen LogP contribution < -0.4 is 11.1 Å². The first-order chi connectivity index (χ1) is 8.95. The Hall–Kier alpha value is -1.46. The normalized spacial score (nSPS) is 12.7. The summed E-state index contributed by atoms with van der Waals surface area (Å²) < 4.78 is 18.9. The van der Waals surface area contributed by atoms with Gasteiger partial charge in [-0.1, -0.05) is 19.9 Å². The lowest BCUT2D eigenvalue weighted by molar-refractivity contribution is 0.1000. The Morgan fingerprint density at radius 1 is 1.47 bits per heavy atom. The molecule has 0 aromatic heterocycles. The van der Waals surface area contributed by atoms with E-state index in [-0.39, 0.29) is 11.6 Å². The summed E-state index contributed by atoms with van der Waals surface area (Å²) in [7, 11) is 1.64. The highest BCUT2D eigenvalue weighted by atomic mass is 19.1. The molecule has 5 heteroatoms. The fraction of sp³-hybridized carbons (Fsp3) is 0.500. The fourth-order valence-electron chi connectivity index (χ4n) is 1.75. The van der Waals surface area contributed by atoms with Crippen LogP contribution in [0.4, 0.5) is 4.39 Å². The van der Waals surface area contributed by atoms with E-state index in [9.17, 15) is 9.18 Å². The van der Waals surface area contributed by atoms with Gasteiger partial charge in [0.25, 0.3) is 0 Å². The fourth-order valence-corrected chi connectivity index (χ4v) is 1.75. The van der Waals surface area contributed by atoms with Crippen LogP contribution in [0, 0.1) is 11.7 Å². The number of halogens is 1. The Kier molecular flexibility index (Phi) is 5.92. The van der Waals surface area contributed by atoms with Gasteiger partial charge in [0.1, 0.15) is 5.82 Å². The van der Waals surface area contributed by atoms with Gasteiger partial charge in [-0.15, -0.1) is 0 Å². The quantitative estimate of drug-likeness (QED) is 0.791. The summed E-state index contributed by atoms with van der Waals surface area (Å²) in [6, 6.07) is 4.43. The minimum atomic E-state index is -0.627. The van der Waals surface area contributed by atoms with E-state index >= 15 is 0 Å². The monoisotopic (exact) mass is 268 g/mol. The van der Waals surface area contributed by atoms with Gasteiger partial charge < -0.3 is 15.8 Å². The Bertz CT molecular complexity index is 435. The molecule has 3 N–H and O–H groups in total. The molecule has 19 heavy (non-hydrogen) atoms. The summed E-state index contributed by atoms with van der Waals surface area (Å²) in [5.74, 6) is -0.672. The minimum Gasteiger partial charge on any atom is -0.383 e. The zero-order valence-corrected chi connectivity index (χ0v) is 11.6. The molecule has 0 bridgehead atoms. The van der Waals surface area contributed by atoms with Crippen molar-refractivity contribution in [3.8, 4) is 0 Å². The second-order valence-corrected chi connectivity index (χ2v) is 4.86. The highest BCUT2D eigenvalue weighted by Crippen LogP contribution is 2.11. The number of hydrogen-bond acceptors (Lipinski definition) is 3. The lowest BCUT2D eigenvalue weighted by atomic mass is 10.0. The molecule has 1 aromatic rings. The van der Waals surface area contributed by atoms with Gasteiger partial charge in [0, 0.05) is 30.8 Å². The Morgan fingerprint density at radius 3 is 2.63 bits per heavy atom. The second-order valence-electron chi connectivity index (χ2n) is 4.86. The van der Waals surface area contributed by atoms with Crippen molar-refractivity contribution in [3.63, 3.8) is 0 Å². The van der Waals surface area contributed by atoms with Crippen LogP contribution in [0.25, 0.3) is 0 Å². The zero-order chi connectivity index (χ0) is 14.4. The third-order valence-electron chi connectivity index (χ3n) is 3.04. The van der Waals surface area contributed by atoms with Crippen LogP contribution >= 0.6 is 0 Å². The molecular weight excluding hydrogens is 247 g/mol. The van der Waals surface area contributed by atoms with Crippen LogP contribution in [0.3, 0.4) is 0 Å². The SMILES string of the molecule is COCC(NCc1ccc(C(N)=O)cc1F)C(C)C. The summed E-state index contributed by atoms with van der Waals surface area (Å²) >= 11 is 0. The van der Waals surface area contributed by atoms with E-state index < -0.39 is 11.7 Å². The van der Waals surface area contributed by atoms with Crippen molar-refractivity contribution in [1.29, 1.82) is 0 Å². The van der Waals surface area contributed by atoms with Gasteiger partial charge in [0.2, 0.25) is 5.91 Å². The van der Waals surface area contributed by atoms with Crippen LogP contribution in [-0.2, 0) is 11.3 Å². The molecule has 1 atom stereocenters. The first kappa shape index (κ1) is 15.6. The van der Waals surface area contributed by atoms with E-state index in [1.807, 2.05) is 0 Å². The van der Waals surface area contributed by atoms with Crippen molar-refractivity contribution in [2.24, 2.45) is 11.7 Å². The molecule has 106 valence electrons. The van der Waals surface area contributed by atoms with Gasteiger partial charge in [-0.05, 0) is 18.1 Å². The summed E-state index contributed by atoms with van der Waals surface area (Å²) in [6.07, 6.45) is 0. The van der Waals surface area contributed by atoms with E-state index in [2.05, 4.69) is 19.2 Å². The molecule has 0 saturated heterocycles. The topological polar surface area (TPSA) is 64.3 Å². The molecular formula is C14H21FN2O2. The second kappa shape index (κ2) is 7.21. The molecule has 1 amide bonds. The number of amides is 1. The summed E-state index contributed by atoms with van der Waals surface area (Å²) in [5.41, 5.74) is 5.78. The molecule has 1 unspecified atom stereocenters. The van der Waals surface area contributed by atoms with Gasteiger partial charge in [-0.25, -0.2) is 4.39 Å². The molecule has 1 rings (SSSR count). The maximum Gasteiger partial charge on any atom is 0.248 e. The summed E-state index contributed by atoms with van der Waals surface area (Å²) in [4.78, 5) is 10.9. The maximum atomic E-state index is 13.8. The van der Waals surface area contributed by atoms with E-state index in [0.717, 1.165) is 0 Å². The van der Waals surface area contributed by atoms with Crippen molar-refractivity contribution in [2.45, 2.75) is 26.4 Å². The van der Waals surface area contributed by atoms with Gasteiger partial charge in [-0.3, -0.25) is 4.79 Å². The smallest absolute Gasteiger partial charge is 0.248 e. The van der Waals surface area contributed by atoms with Crippen molar-refractivity contribution in [3.05, 3.63) is 35.1 Å². The lowest BCUT2D eigenvalue weighted by Crippen LogP contribution is -2.37. The molecule has 0 aliphatic heterocycles. The van der Waals surface area contributed by atoms with Crippen molar-refractivity contribution in [1.82, 2.24) is 5.32 Å². The van der Waals surface area contributed by atoms with Gasteiger partial charge in [-0.2, -0.15) is 0 Å². The Balaban J connectivity index is 2.69. The first-order valence-electron chi connectivity index (χ1n) is 6.26.